The van der Waals surface area contributed by atoms with Crippen LogP contribution in [0.5, 0.6) is 0 Å². The zero-order valence-electron chi connectivity index (χ0n) is 15.2. The SMILES string of the molecule is CN=C(NCC(C)c1ccsc1)NCC1(N(C)C)CCOCC1.I. The van der Waals surface area contributed by atoms with Crippen LogP contribution in [0.25, 0.3) is 0 Å². The number of ether oxygens (including phenoxy) is 1. The molecule has 2 rings (SSSR count). The largest absolute Gasteiger partial charge is 0.381 e. The summed E-state index contributed by atoms with van der Waals surface area (Å²) in [6.45, 7) is 5.68. The van der Waals surface area contributed by atoms with Crippen molar-refractivity contribution in [3.8, 4) is 0 Å². The minimum atomic E-state index is 0. The normalized spacial score (nSPS) is 18.8. The monoisotopic (exact) mass is 466 g/mol. The Morgan fingerprint density at radius 3 is 2.62 bits per heavy atom. The van der Waals surface area contributed by atoms with Crippen molar-refractivity contribution in [3.63, 3.8) is 0 Å². The maximum absolute atomic E-state index is 5.53. The summed E-state index contributed by atoms with van der Waals surface area (Å²) in [4.78, 5) is 6.69. The Morgan fingerprint density at radius 2 is 2.08 bits per heavy atom. The van der Waals surface area contributed by atoms with Crippen molar-refractivity contribution in [3.05, 3.63) is 22.4 Å². The third-order valence-electron chi connectivity index (χ3n) is 4.87. The van der Waals surface area contributed by atoms with Gasteiger partial charge in [0.25, 0.3) is 0 Å². The van der Waals surface area contributed by atoms with Crippen LogP contribution in [-0.2, 0) is 4.74 Å². The van der Waals surface area contributed by atoms with Crippen molar-refractivity contribution >= 4 is 41.3 Å². The van der Waals surface area contributed by atoms with Crippen LogP contribution in [0.15, 0.2) is 21.8 Å². The number of nitrogens with zero attached hydrogens (tertiary/aromatic N) is 2. The Hall–Kier alpha value is -0.380. The molecular weight excluding hydrogens is 435 g/mol. The highest BCUT2D eigenvalue weighted by Crippen LogP contribution is 2.25. The number of halogens is 1. The van der Waals surface area contributed by atoms with Gasteiger partial charge in [0.1, 0.15) is 0 Å². The minimum absolute atomic E-state index is 0. The van der Waals surface area contributed by atoms with Crippen LogP contribution < -0.4 is 10.6 Å². The number of nitrogens with one attached hydrogen (secondary N) is 2. The smallest absolute Gasteiger partial charge is 0.191 e. The van der Waals surface area contributed by atoms with Gasteiger partial charge < -0.3 is 20.3 Å². The highest BCUT2D eigenvalue weighted by molar-refractivity contribution is 14.0. The van der Waals surface area contributed by atoms with Crippen LogP contribution in [-0.4, -0.2) is 63.8 Å². The van der Waals surface area contributed by atoms with Gasteiger partial charge in [0.2, 0.25) is 0 Å². The Kier molecular flexibility index (Phi) is 9.54. The van der Waals surface area contributed by atoms with E-state index in [1.54, 1.807) is 11.3 Å². The van der Waals surface area contributed by atoms with E-state index in [4.69, 9.17) is 4.74 Å². The fraction of sp³-hybridized carbons (Fsp3) is 0.706. The molecule has 1 unspecified atom stereocenters. The van der Waals surface area contributed by atoms with Gasteiger partial charge in [-0.25, -0.2) is 0 Å². The molecule has 0 aliphatic carbocycles. The van der Waals surface area contributed by atoms with E-state index in [2.05, 4.69) is 58.4 Å². The van der Waals surface area contributed by atoms with E-state index in [9.17, 15) is 0 Å². The van der Waals surface area contributed by atoms with E-state index < -0.39 is 0 Å². The van der Waals surface area contributed by atoms with Crippen molar-refractivity contribution in [1.82, 2.24) is 15.5 Å². The lowest BCUT2D eigenvalue weighted by molar-refractivity contribution is -0.00501. The fourth-order valence-corrected chi connectivity index (χ4v) is 3.71. The molecule has 24 heavy (non-hydrogen) atoms. The van der Waals surface area contributed by atoms with Crippen LogP contribution in [0.1, 0.15) is 31.2 Å². The number of rotatable bonds is 6. The number of thiophene rings is 1. The lowest BCUT2D eigenvalue weighted by atomic mass is 9.88. The highest BCUT2D eigenvalue weighted by atomic mass is 127. The van der Waals surface area contributed by atoms with Crippen LogP contribution in [0.3, 0.4) is 0 Å². The molecule has 1 fully saturated rings. The summed E-state index contributed by atoms with van der Waals surface area (Å²) < 4.78 is 5.53. The Bertz CT molecular complexity index is 487. The van der Waals surface area contributed by atoms with E-state index in [1.807, 2.05) is 7.05 Å². The molecule has 1 aromatic heterocycles. The molecule has 138 valence electrons. The first-order chi connectivity index (χ1) is 11.1. The number of hydrogen-bond acceptors (Lipinski definition) is 4. The predicted molar refractivity (Wildman–Crippen MR) is 114 cm³/mol. The second kappa shape index (κ2) is 10.6. The number of likely N-dealkylation sites (N-methyl/N-ethyl adjacent to an activating group) is 1. The van der Waals surface area contributed by atoms with Crippen molar-refractivity contribution in [1.29, 1.82) is 0 Å². The zero-order valence-corrected chi connectivity index (χ0v) is 18.3. The van der Waals surface area contributed by atoms with Gasteiger partial charge in [-0.3, -0.25) is 4.99 Å². The molecule has 2 N–H and O–H groups in total. The second-order valence-electron chi connectivity index (χ2n) is 6.50. The van der Waals surface area contributed by atoms with E-state index in [0.717, 1.165) is 45.1 Å². The number of hydrogen-bond donors (Lipinski definition) is 2. The summed E-state index contributed by atoms with van der Waals surface area (Å²) in [5, 5.41) is 11.3. The van der Waals surface area contributed by atoms with E-state index in [-0.39, 0.29) is 29.5 Å². The van der Waals surface area contributed by atoms with Crippen LogP contribution in [0.2, 0.25) is 0 Å². The third kappa shape index (κ3) is 5.86. The van der Waals surface area contributed by atoms with Gasteiger partial charge in [-0.1, -0.05) is 6.92 Å². The summed E-state index contributed by atoms with van der Waals surface area (Å²) in [6.07, 6.45) is 2.10. The summed E-state index contributed by atoms with van der Waals surface area (Å²) >= 11 is 1.75. The molecule has 0 aromatic carbocycles. The van der Waals surface area contributed by atoms with Gasteiger partial charge in [-0.2, -0.15) is 11.3 Å². The first-order valence-electron chi connectivity index (χ1n) is 8.29. The Balaban J connectivity index is 0.00000288. The van der Waals surface area contributed by atoms with Gasteiger partial charge in [0, 0.05) is 38.9 Å². The molecule has 0 spiro atoms. The van der Waals surface area contributed by atoms with Crippen molar-refractivity contribution in [2.24, 2.45) is 4.99 Å². The average molecular weight is 466 g/mol. The predicted octanol–water partition coefficient (Wildman–Crippen LogP) is 2.75. The topological polar surface area (TPSA) is 48.9 Å². The summed E-state index contributed by atoms with van der Waals surface area (Å²) in [6, 6.07) is 2.19. The van der Waals surface area contributed by atoms with Gasteiger partial charge >= 0.3 is 0 Å². The summed E-state index contributed by atoms with van der Waals surface area (Å²) in [7, 11) is 6.14. The quantitative estimate of drug-likeness (QED) is 0.385. The van der Waals surface area contributed by atoms with Crippen LogP contribution in [0.4, 0.5) is 0 Å². The molecule has 0 saturated carbocycles. The lowest BCUT2D eigenvalue weighted by Crippen LogP contribution is -2.57. The fourth-order valence-electron chi connectivity index (χ4n) is 2.93. The lowest BCUT2D eigenvalue weighted by Gasteiger charge is -2.43. The van der Waals surface area contributed by atoms with Gasteiger partial charge in [-0.15, -0.1) is 24.0 Å². The molecule has 2 heterocycles. The van der Waals surface area contributed by atoms with Crippen LogP contribution in [0, 0.1) is 0 Å². The van der Waals surface area contributed by atoms with Gasteiger partial charge in [-0.05, 0) is 55.2 Å². The van der Waals surface area contributed by atoms with E-state index >= 15 is 0 Å². The highest BCUT2D eigenvalue weighted by Gasteiger charge is 2.34. The molecule has 5 nitrogen and oxygen atoms in total. The van der Waals surface area contributed by atoms with Crippen molar-refractivity contribution in [2.45, 2.75) is 31.2 Å². The summed E-state index contributed by atoms with van der Waals surface area (Å²) in [5.41, 5.74) is 1.53. The Labute approximate surface area is 167 Å². The number of guanidine groups is 1. The molecule has 1 saturated heterocycles. The molecule has 1 aliphatic heterocycles. The summed E-state index contributed by atoms with van der Waals surface area (Å²) in [5.74, 6) is 1.35. The first kappa shape index (κ1) is 21.7. The van der Waals surface area contributed by atoms with Crippen LogP contribution >= 0.6 is 35.3 Å². The molecular formula is C17H31IN4OS. The number of aliphatic imine (C=N–C) groups is 1. The van der Waals surface area contributed by atoms with E-state index in [1.165, 1.54) is 5.56 Å². The molecule has 1 aromatic rings. The zero-order chi connectivity index (χ0) is 16.7. The van der Waals surface area contributed by atoms with Crippen molar-refractivity contribution in [2.75, 3.05) is 47.4 Å². The van der Waals surface area contributed by atoms with E-state index in [0.29, 0.717) is 5.92 Å². The molecule has 0 bridgehead atoms. The molecule has 1 aliphatic rings. The Morgan fingerprint density at radius 1 is 1.38 bits per heavy atom. The molecule has 1 atom stereocenters. The van der Waals surface area contributed by atoms with Gasteiger partial charge in [0.05, 0.1) is 0 Å². The second-order valence-corrected chi connectivity index (χ2v) is 7.28. The third-order valence-corrected chi connectivity index (χ3v) is 5.57. The molecule has 7 heteroatoms. The molecule has 0 amide bonds. The standard InChI is InChI=1S/C17H30N4OS.HI/c1-14(15-5-10-23-12-15)11-19-16(18-2)20-13-17(21(3)4)6-8-22-9-7-17;/h5,10,12,14H,6-9,11,13H2,1-4H3,(H2,18,19,20);1H. The first-order valence-corrected chi connectivity index (χ1v) is 9.23. The maximum Gasteiger partial charge on any atom is 0.191 e. The minimum Gasteiger partial charge on any atom is -0.381 e. The maximum atomic E-state index is 5.53. The van der Waals surface area contributed by atoms with Gasteiger partial charge in [0.15, 0.2) is 5.96 Å². The van der Waals surface area contributed by atoms with Crippen molar-refractivity contribution < 1.29 is 4.74 Å². The average Bonchev–Trinajstić information content (AvgIpc) is 3.10. The molecule has 0 radical (unpaired) electrons.